The van der Waals surface area contributed by atoms with Gasteiger partial charge in [0.1, 0.15) is 11.6 Å². The van der Waals surface area contributed by atoms with E-state index in [0.717, 1.165) is 41.4 Å². The molecular weight excluding hydrogens is 368 g/mol. The molecule has 8 nitrogen and oxygen atoms in total. The zero-order valence-corrected chi connectivity index (χ0v) is 17.3. The summed E-state index contributed by atoms with van der Waals surface area (Å²) in [6.45, 7) is 7.71. The van der Waals surface area contributed by atoms with Crippen LogP contribution in [0, 0.1) is 0 Å². The molecule has 0 amide bonds. The summed E-state index contributed by atoms with van der Waals surface area (Å²) >= 11 is 0. The average Bonchev–Trinajstić information content (AvgIpc) is 3.31. The molecule has 0 saturated carbocycles. The highest BCUT2D eigenvalue weighted by atomic mass is 16.5. The van der Waals surface area contributed by atoms with Gasteiger partial charge < -0.3 is 14.2 Å². The van der Waals surface area contributed by atoms with Crippen molar-refractivity contribution in [2.75, 3.05) is 18.1 Å². The monoisotopic (exact) mass is 394 g/mol. The molecule has 152 valence electrons. The van der Waals surface area contributed by atoms with Crippen LogP contribution in [0.5, 0.6) is 0 Å². The SMILES string of the molecule is CCOC(=O)c1nn(C(C)C)c2c1CN(c1ccc(-c3nccn3C)cn1)CC2. The summed E-state index contributed by atoms with van der Waals surface area (Å²) in [6, 6.07) is 4.23. The smallest absolute Gasteiger partial charge is 0.359 e. The Morgan fingerprint density at radius 1 is 1.28 bits per heavy atom. The summed E-state index contributed by atoms with van der Waals surface area (Å²) in [4.78, 5) is 23.7. The number of aromatic nitrogens is 5. The first-order chi connectivity index (χ1) is 14.0. The molecule has 3 aromatic rings. The summed E-state index contributed by atoms with van der Waals surface area (Å²) in [5, 5.41) is 4.58. The standard InChI is InChI=1S/C21H26N6O2/c1-5-29-21(28)19-16-13-26(10-8-17(16)27(24-19)14(2)3)18-7-6-15(12-23-18)20-22-9-11-25(20)4/h6-7,9,11-12,14H,5,8,10,13H2,1-4H3. The van der Waals surface area contributed by atoms with E-state index in [1.165, 1.54) is 0 Å². The number of esters is 1. The normalized spacial score (nSPS) is 13.6. The van der Waals surface area contributed by atoms with Crippen LogP contribution in [-0.2, 0) is 24.8 Å². The van der Waals surface area contributed by atoms with E-state index in [0.29, 0.717) is 18.8 Å². The molecule has 0 aliphatic carbocycles. The van der Waals surface area contributed by atoms with E-state index in [9.17, 15) is 4.79 Å². The molecule has 0 unspecified atom stereocenters. The van der Waals surface area contributed by atoms with Crippen LogP contribution >= 0.6 is 0 Å². The molecule has 0 bridgehead atoms. The number of carbonyl (C=O) groups is 1. The molecule has 0 spiro atoms. The van der Waals surface area contributed by atoms with E-state index < -0.39 is 0 Å². The van der Waals surface area contributed by atoms with E-state index in [1.54, 1.807) is 6.20 Å². The molecule has 1 aliphatic rings. The van der Waals surface area contributed by atoms with Gasteiger partial charge in [0.25, 0.3) is 0 Å². The Morgan fingerprint density at radius 2 is 2.10 bits per heavy atom. The third-order valence-corrected chi connectivity index (χ3v) is 5.20. The summed E-state index contributed by atoms with van der Waals surface area (Å²) in [7, 11) is 1.96. The van der Waals surface area contributed by atoms with Crippen molar-refractivity contribution < 1.29 is 9.53 Å². The second-order valence-corrected chi connectivity index (χ2v) is 7.47. The van der Waals surface area contributed by atoms with Gasteiger partial charge in [-0.2, -0.15) is 5.10 Å². The fourth-order valence-corrected chi connectivity index (χ4v) is 3.78. The van der Waals surface area contributed by atoms with E-state index in [2.05, 4.69) is 33.8 Å². The van der Waals surface area contributed by atoms with Gasteiger partial charge in [-0.15, -0.1) is 0 Å². The minimum absolute atomic E-state index is 0.189. The maximum atomic E-state index is 12.5. The van der Waals surface area contributed by atoms with Crippen LogP contribution in [0.2, 0.25) is 0 Å². The van der Waals surface area contributed by atoms with Gasteiger partial charge in [0, 0.05) is 68.0 Å². The summed E-state index contributed by atoms with van der Waals surface area (Å²) in [6.07, 6.45) is 6.34. The zero-order chi connectivity index (χ0) is 20.5. The van der Waals surface area contributed by atoms with Crippen molar-refractivity contribution in [1.82, 2.24) is 24.3 Å². The Bertz CT molecular complexity index is 1020. The topological polar surface area (TPSA) is 78.1 Å². The molecule has 0 radical (unpaired) electrons. The average molecular weight is 394 g/mol. The van der Waals surface area contributed by atoms with Crippen molar-refractivity contribution in [2.45, 2.75) is 39.8 Å². The number of carbonyl (C=O) groups excluding carboxylic acids is 1. The van der Waals surface area contributed by atoms with Crippen LogP contribution in [0.1, 0.15) is 48.6 Å². The van der Waals surface area contributed by atoms with Gasteiger partial charge in [0.05, 0.1) is 6.61 Å². The minimum atomic E-state index is -0.358. The Balaban J connectivity index is 1.62. The molecule has 0 N–H and O–H groups in total. The highest BCUT2D eigenvalue weighted by Gasteiger charge is 2.30. The highest BCUT2D eigenvalue weighted by molar-refractivity contribution is 5.89. The van der Waals surface area contributed by atoms with Gasteiger partial charge in [-0.3, -0.25) is 4.68 Å². The van der Waals surface area contributed by atoms with Crippen LogP contribution < -0.4 is 4.90 Å². The molecule has 4 rings (SSSR count). The van der Waals surface area contributed by atoms with Crippen LogP contribution in [0.15, 0.2) is 30.7 Å². The van der Waals surface area contributed by atoms with Crippen molar-refractivity contribution in [3.63, 3.8) is 0 Å². The van der Waals surface area contributed by atoms with Crippen molar-refractivity contribution in [3.05, 3.63) is 47.7 Å². The summed E-state index contributed by atoms with van der Waals surface area (Å²) < 4.78 is 9.16. The number of hydrogen-bond acceptors (Lipinski definition) is 6. The van der Waals surface area contributed by atoms with Gasteiger partial charge >= 0.3 is 5.97 Å². The van der Waals surface area contributed by atoms with Gasteiger partial charge in [0.15, 0.2) is 5.69 Å². The third-order valence-electron chi connectivity index (χ3n) is 5.20. The first kappa shape index (κ1) is 19.2. The lowest BCUT2D eigenvalue weighted by Gasteiger charge is -2.29. The lowest BCUT2D eigenvalue weighted by molar-refractivity contribution is 0.0517. The van der Waals surface area contributed by atoms with Crippen LogP contribution in [0.3, 0.4) is 0 Å². The van der Waals surface area contributed by atoms with Crippen molar-refractivity contribution in [1.29, 1.82) is 0 Å². The molecule has 0 atom stereocenters. The van der Waals surface area contributed by atoms with E-state index in [4.69, 9.17) is 4.74 Å². The second-order valence-electron chi connectivity index (χ2n) is 7.47. The highest BCUT2D eigenvalue weighted by Crippen LogP contribution is 2.29. The molecule has 0 aromatic carbocycles. The van der Waals surface area contributed by atoms with Gasteiger partial charge in [-0.05, 0) is 32.9 Å². The Hall–Kier alpha value is -3.16. The largest absolute Gasteiger partial charge is 0.461 e. The Labute approximate surface area is 170 Å². The maximum Gasteiger partial charge on any atom is 0.359 e. The number of rotatable bonds is 5. The lowest BCUT2D eigenvalue weighted by atomic mass is 10.0. The van der Waals surface area contributed by atoms with E-state index in [1.807, 2.05) is 47.7 Å². The first-order valence-electron chi connectivity index (χ1n) is 9.95. The quantitative estimate of drug-likeness (QED) is 0.619. The van der Waals surface area contributed by atoms with Gasteiger partial charge in [-0.1, -0.05) is 0 Å². The second kappa shape index (κ2) is 7.69. The van der Waals surface area contributed by atoms with E-state index in [-0.39, 0.29) is 12.0 Å². The molecule has 29 heavy (non-hydrogen) atoms. The molecule has 0 fully saturated rings. The molecule has 4 heterocycles. The predicted octanol–water partition coefficient (Wildman–Crippen LogP) is 3.00. The third kappa shape index (κ3) is 3.50. The molecule has 3 aromatic heterocycles. The molecule has 8 heteroatoms. The number of nitrogens with zero attached hydrogens (tertiary/aromatic N) is 6. The fourth-order valence-electron chi connectivity index (χ4n) is 3.78. The van der Waals surface area contributed by atoms with Crippen molar-refractivity contribution in [3.8, 4) is 11.4 Å². The Kier molecular flexibility index (Phi) is 5.08. The minimum Gasteiger partial charge on any atom is -0.461 e. The van der Waals surface area contributed by atoms with E-state index >= 15 is 0 Å². The number of ether oxygens (including phenoxy) is 1. The van der Waals surface area contributed by atoms with Crippen LogP contribution in [0.25, 0.3) is 11.4 Å². The summed E-state index contributed by atoms with van der Waals surface area (Å²) in [5.74, 6) is 1.40. The molecular formula is C21H26N6O2. The Morgan fingerprint density at radius 3 is 2.72 bits per heavy atom. The zero-order valence-electron chi connectivity index (χ0n) is 17.3. The number of fused-ring (bicyclic) bond motifs is 1. The van der Waals surface area contributed by atoms with Gasteiger partial charge in [0.2, 0.25) is 0 Å². The fraction of sp³-hybridized carbons (Fsp3) is 0.429. The number of aryl methyl sites for hydroxylation is 1. The van der Waals surface area contributed by atoms with Gasteiger partial charge in [-0.25, -0.2) is 14.8 Å². The number of imidazole rings is 1. The predicted molar refractivity (Wildman–Crippen MR) is 110 cm³/mol. The summed E-state index contributed by atoms with van der Waals surface area (Å²) in [5.41, 5.74) is 3.45. The molecule has 0 saturated heterocycles. The van der Waals surface area contributed by atoms with Crippen LogP contribution in [0.4, 0.5) is 5.82 Å². The maximum absolute atomic E-state index is 12.5. The van der Waals surface area contributed by atoms with Crippen molar-refractivity contribution in [2.24, 2.45) is 7.05 Å². The van der Waals surface area contributed by atoms with Crippen LogP contribution in [-0.4, -0.2) is 43.4 Å². The first-order valence-corrected chi connectivity index (χ1v) is 9.95. The number of hydrogen-bond donors (Lipinski definition) is 0. The lowest BCUT2D eigenvalue weighted by Crippen LogP contribution is -2.32. The number of pyridine rings is 1. The number of anilines is 1. The molecule has 1 aliphatic heterocycles. The van der Waals surface area contributed by atoms with Crippen molar-refractivity contribution >= 4 is 11.8 Å².